The van der Waals surface area contributed by atoms with Gasteiger partial charge in [0.05, 0.1) is 18.4 Å². The van der Waals surface area contributed by atoms with Crippen LogP contribution >= 0.6 is 11.6 Å². The van der Waals surface area contributed by atoms with E-state index in [1.807, 2.05) is 6.92 Å². The van der Waals surface area contributed by atoms with Crippen LogP contribution in [-0.2, 0) is 18.4 Å². The molecule has 0 radical (unpaired) electrons. The first-order valence-electron chi connectivity index (χ1n) is 6.02. The van der Waals surface area contributed by atoms with Gasteiger partial charge in [0.2, 0.25) is 0 Å². The van der Waals surface area contributed by atoms with E-state index in [-0.39, 0.29) is 5.97 Å². The molecule has 0 fully saturated rings. The molecule has 0 aliphatic heterocycles. The zero-order valence-electron chi connectivity index (χ0n) is 11.5. The summed E-state index contributed by atoms with van der Waals surface area (Å²) in [6, 6.07) is 6.73. The Bertz CT molecular complexity index is 620. The van der Waals surface area contributed by atoms with Crippen molar-refractivity contribution in [3.63, 3.8) is 0 Å². The summed E-state index contributed by atoms with van der Waals surface area (Å²) in [5.74, 6) is 0.277. The van der Waals surface area contributed by atoms with Crippen LogP contribution in [0.15, 0.2) is 24.3 Å². The van der Waals surface area contributed by atoms with Gasteiger partial charge in [-0.05, 0) is 31.2 Å². The van der Waals surface area contributed by atoms with Gasteiger partial charge in [0.25, 0.3) is 0 Å². The van der Waals surface area contributed by atoms with Crippen LogP contribution in [0.1, 0.15) is 21.6 Å². The van der Waals surface area contributed by atoms with Crippen LogP contribution in [-0.4, -0.2) is 22.9 Å². The number of halogens is 1. The highest BCUT2D eigenvalue weighted by Gasteiger charge is 2.12. The molecule has 0 aliphatic rings. The number of benzene rings is 1. The van der Waals surface area contributed by atoms with Gasteiger partial charge in [0.15, 0.2) is 0 Å². The lowest BCUT2D eigenvalue weighted by Gasteiger charge is -2.06. The van der Waals surface area contributed by atoms with E-state index in [0.29, 0.717) is 23.1 Å². The average Bonchev–Trinajstić information content (AvgIpc) is 2.70. The van der Waals surface area contributed by atoms with E-state index >= 15 is 0 Å². The highest BCUT2D eigenvalue weighted by Crippen LogP contribution is 2.21. The van der Waals surface area contributed by atoms with Crippen LogP contribution in [0, 0.1) is 6.92 Å². The fraction of sp³-hybridized carbons (Fsp3) is 0.286. The second-order valence-electron chi connectivity index (χ2n) is 4.28. The first-order valence-corrected chi connectivity index (χ1v) is 6.40. The quantitative estimate of drug-likeness (QED) is 0.814. The molecule has 2 aromatic rings. The molecule has 0 N–H and O–H groups in total. The lowest BCUT2D eigenvalue weighted by Crippen LogP contribution is -2.01. The zero-order chi connectivity index (χ0) is 14.7. The van der Waals surface area contributed by atoms with E-state index in [1.54, 1.807) is 36.0 Å². The maximum Gasteiger partial charge on any atom is 0.337 e. The Morgan fingerprint density at radius 2 is 2.00 bits per heavy atom. The molecule has 0 aliphatic carbocycles. The molecule has 0 atom stereocenters. The number of aromatic nitrogens is 2. The standard InChI is InChI=1S/C14H15ClN2O3/c1-9-12(13(15)17(2)16-9)8-20-11-6-4-10(5-7-11)14(18)19-3/h4-7H,8H2,1-3H3. The van der Waals surface area contributed by atoms with Gasteiger partial charge in [0.1, 0.15) is 17.5 Å². The van der Waals surface area contributed by atoms with Gasteiger partial charge in [-0.25, -0.2) is 4.79 Å². The third kappa shape index (κ3) is 2.93. The zero-order valence-corrected chi connectivity index (χ0v) is 12.3. The van der Waals surface area contributed by atoms with Crippen molar-refractivity contribution in [2.24, 2.45) is 7.05 Å². The SMILES string of the molecule is COC(=O)c1ccc(OCc2c(C)nn(C)c2Cl)cc1. The number of nitrogens with zero attached hydrogens (tertiary/aromatic N) is 2. The van der Waals surface area contributed by atoms with Crippen molar-refractivity contribution in [1.29, 1.82) is 0 Å². The third-order valence-electron chi connectivity index (χ3n) is 2.93. The van der Waals surface area contributed by atoms with Crippen LogP contribution in [0.5, 0.6) is 5.75 Å². The van der Waals surface area contributed by atoms with Crippen molar-refractivity contribution >= 4 is 17.6 Å². The predicted octanol–water partition coefficient (Wildman–Crippen LogP) is 2.75. The largest absolute Gasteiger partial charge is 0.489 e. The van der Waals surface area contributed by atoms with Crippen LogP contribution in [0.4, 0.5) is 0 Å². The number of hydrogen-bond donors (Lipinski definition) is 0. The number of ether oxygens (including phenoxy) is 2. The molecule has 0 spiro atoms. The topological polar surface area (TPSA) is 53.4 Å². The van der Waals surface area contributed by atoms with E-state index in [1.165, 1.54) is 7.11 Å². The summed E-state index contributed by atoms with van der Waals surface area (Å²) >= 11 is 6.13. The first kappa shape index (κ1) is 14.4. The molecule has 1 aromatic heterocycles. The van der Waals surface area contributed by atoms with Crippen molar-refractivity contribution in [3.05, 3.63) is 46.2 Å². The van der Waals surface area contributed by atoms with Crippen LogP contribution in [0.2, 0.25) is 5.15 Å². The molecule has 2 rings (SSSR count). The monoisotopic (exact) mass is 294 g/mol. The number of carbonyl (C=O) groups excluding carboxylic acids is 1. The Hall–Kier alpha value is -2.01. The number of esters is 1. The van der Waals surface area contributed by atoms with Gasteiger partial charge in [-0.2, -0.15) is 5.10 Å². The maximum absolute atomic E-state index is 11.3. The van der Waals surface area contributed by atoms with E-state index in [4.69, 9.17) is 16.3 Å². The molecular formula is C14H15ClN2O3. The summed E-state index contributed by atoms with van der Waals surface area (Å²) in [5.41, 5.74) is 2.17. The van der Waals surface area contributed by atoms with Gasteiger partial charge in [-0.3, -0.25) is 4.68 Å². The molecule has 0 saturated carbocycles. The summed E-state index contributed by atoms with van der Waals surface area (Å²) in [5, 5.41) is 4.78. The van der Waals surface area contributed by atoms with Crippen molar-refractivity contribution in [2.75, 3.05) is 7.11 Å². The first-order chi connectivity index (χ1) is 9.52. The van der Waals surface area contributed by atoms with Crippen molar-refractivity contribution < 1.29 is 14.3 Å². The minimum atomic E-state index is -0.373. The third-order valence-corrected chi connectivity index (χ3v) is 3.40. The van der Waals surface area contributed by atoms with Gasteiger partial charge >= 0.3 is 5.97 Å². The second-order valence-corrected chi connectivity index (χ2v) is 4.64. The van der Waals surface area contributed by atoms with E-state index < -0.39 is 0 Å². The van der Waals surface area contributed by atoms with E-state index in [9.17, 15) is 4.79 Å². The molecule has 1 aromatic carbocycles. The fourth-order valence-electron chi connectivity index (χ4n) is 1.80. The van der Waals surface area contributed by atoms with Crippen LogP contribution < -0.4 is 4.74 Å². The molecule has 106 valence electrons. The van der Waals surface area contributed by atoms with E-state index in [0.717, 1.165) is 11.3 Å². The highest BCUT2D eigenvalue weighted by molar-refractivity contribution is 6.30. The van der Waals surface area contributed by atoms with Crippen molar-refractivity contribution in [3.8, 4) is 5.75 Å². The van der Waals surface area contributed by atoms with Gasteiger partial charge in [-0.1, -0.05) is 11.6 Å². The fourth-order valence-corrected chi connectivity index (χ4v) is 2.03. The Labute approximate surface area is 122 Å². The predicted molar refractivity (Wildman–Crippen MR) is 75.1 cm³/mol. The lowest BCUT2D eigenvalue weighted by atomic mass is 10.2. The summed E-state index contributed by atoms with van der Waals surface area (Å²) in [7, 11) is 3.13. The van der Waals surface area contributed by atoms with E-state index in [2.05, 4.69) is 9.84 Å². The van der Waals surface area contributed by atoms with Crippen molar-refractivity contribution in [1.82, 2.24) is 9.78 Å². The summed E-state index contributed by atoms with van der Waals surface area (Å²) in [6.45, 7) is 2.21. The Morgan fingerprint density at radius 1 is 1.35 bits per heavy atom. The minimum Gasteiger partial charge on any atom is -0.489 e. The molecule has 20 heavy (non-hydrogen) atoms. The Balaban J connectivity index is 2.06. The average molecular weight is 295 g/mol. The maximum atomic E-state index is 11.3. The van der Waals surface area contributed by atoms with Crippen LogP contribution in [0.25, 0.3) is 0 Å². The molecule has 0 bridgehead atoms. The number of hydrogen-bond acceptors (Lipinski definition) is 4. The number of carbonyl (C=O) groups is 1. The molecule has 0 amide bonds. The number of aryl methyl sites for hydroxylation is 2. The van der Waals surface area contributed by atoms with Crippen molar-refractivity contribution in [2.45, 2.75) is 13.5 Å². The molecule has 0 saturated heterocycles. The number of rotatable bonds is 4. The molecular weight excluding hydrogens is 280 g/mol. The highest BCUT2D eigenvalue weighted by atomic mass is 35.5. The molecule has 6 heteroatoms. The molecule has 0 unspecified atom stereocenters. The van der Waals surface area contributed by atoms with Gasteiger partial charge in [0, 0.05) is 12.6 Å². The summed E-state index contributed by atoms with van der Waals surface area (Å²) < 4.78 is 11.9. The summed E-state index contributed by atoms with van der Waals surface area (Å²) in [6.07, 6.45) is 0. The van der Waals surface area contributed by atoms with Gasteiger partial charge in [-0.15, -0.1) is 0 Å². The molecule has 5 nitrogen and oxygen atoms in total. The van der Waals surface area contributed by atoms with Gasteiger partial charge < -0.3 is 9.47 Å². The second kappa shape index (κ2) is 5.96. The summed E-state index contributed by atoms with van der Waals surface area (Å²) in [4.78, 5) is 11.3. The minimum absolute atomic E-state index is 0.329. The lowest BCUT2D eigenvalue weighted by molar-refractivity contribution is 0.0600. The van der Waals surface area contributed by atoms with Crippen LogP contribution in [0.3, 0.4) is 0 Å². The Morgan fingerprint density at radius 3 is 2.50 bits per heavy atom. The number of methoxy groups -OCH3 is 1. The molecule has 1 heterocycles. The smallest absolute Gasteiger partial charge is 0.337 e. The Kier molecular flexibility index (Phi) is 4.29. The normalized spacial score (nSPS) is 10.4.